The Bertz CT molecular complexity index is 624. The summed E-state index contributed by atoms with van der Waals surface area (Å²) in [5, 5.41) is 19.8. The fourth-order valence-corrected chi connectivity index (χ4v) is 1.84. The quantitative estimate of drug-likeness (QED) is 0.653. The number of hydrogen-bond acceptors (Lipinski definition) is 5. The molecule has 0 saturated heterocycles. The third kappa shape index (κ3) is 3.70. The van der Waals surface area contributed by atoms with Crippen molar-refractivity contribution < 1.29 is 19.5 Å². The second kappa shape index (κ2) is 6.71. The van der Waals surface area contributed by atoms with Crippen molar-refractivity contribution in [3.05, 3.63) is 63.7 Å². The van der Waals surface area contributed by atoms with Gasteiger partial charge in [-0.25, -0.2) is 0 Å². The predicted molar refractivity (Wildman–Crippen MR) is 76.3 cm³/mol. The average Bonchev–Trinajstić information content (AvgIpc) is 2.53. The summed E-state index contributed by atoms with van der Waals surface area (Å²) in [5.41, 5.74) is 1.37. The van der Waals surface area contributed by atoms with Crippen molar-refractivity contribution in [2.45, 2.75) is 13.2 Å². The minimum Gasteiger partial charge on any atom is -0.496 e. The highest BCUT2D eigenvalue weighted by Crippen LogP contribution is 2.25. The van der Waals surface area contributed by atoms with Crippen molar-refractivity contribution in [1.29, 1.82) is 0 Å². The molecule has 0 aliphatic carbocycles. The molecule has 6 heteroatoms. The third-order valence-electron chi connectivity index (χ3n) is 2.98. The van der Waals surface area contributed by atoms with Crippen LogP contribution in [0.5, 0.6) is 11.5 Å². The van der Waals surface area contributed by atoms with Crippen LogP contribution in [0.25, 0.3) is 0 Å². The second-order valence-corrected chi connectivity index (χ2v) is 4.34. The third-order valence-corrected chi connectivity index (χ3v) is 2.98. The van der Waals surface area contributed by atoms with Gasteiger partial charge in [-0.2, -0.15) is 0 Å². The van der Waals surface area contributed by atoms with E-state index in [0.717, 1.165) is 5.56 Å². The van der Waals surface area contributed by atoms with E-state index in [4.69, 9.17) is 14.6 Å². The highest BCUT2D eigenvalue weighted by atomic mass is 16.6. The molecule has 0 aliphatic rings. The van der Waals surface area contributed by atoms with Gasteiger partial charge in [0.2, 0.25) is 0 Å². The predicted octanol–water partition coefficient (Wildman–Crippen LogP) is 2.67. The van der Waals surface area contributed by atoms with Crippen LogP contribution in [-0.4, -0.2) is 17.1 Å². The Balaban J connectivity index is 2.13. The molecule has 2 rings (SSSR count). The zero-order valence-electron chi connectivity index (χ0n) is 11.5. The summed E-state index contributed by atoms with van der Waals surface area (Å²) >= 11 is 0. The standard InChI is InChI=1S/C15H15NO5/c1-20-15-7-4-13(16(18)19)8-12(15)10-21-14-5-2-11(9-17)3-6-14/h2-8,17H,9-10H2,1H3. The zero-order valence-corrected chi connectivity index (χ0v) is 11.5. The lowest BCUT2D eigenvalue weighted by molar-refractivity contribution is -0.385. The Morgan fingerprint density at radius 2 is 1.90 bits per heavy atom. The van der Waals surface area contributed by atoms with E-state index in [1.165, 1.54) is 19.2 Å². The van der Waals surface area contributed by atoms with E-state index in [0.29, 0.717) is 17.1 Å². The Morgan fingerprint density at radius 1 is 1.19 bits per heavy atom. The van der Waals surface area contributed by atoms with Gasteiger partial charge in [-0.3, -0.25) is 10.1 Å². The largest absolute Gasteiger partial charge is 0.496 e. The van der Waals surface area contributed by atoms with Crippen LogP contribution in [0.2, 0.25) is 0 Å². The molecule has 0 bridgehead atoms. The molecule has 0 fully saturated rings. The summed E-state index contributed by atoms with van der Waals surface area (Å²) < 4.78 is 10.8. The van der Waals surface area contributed by atoms with E-state index in [-0.39, 0.29) is 18.9 Å². The molecular formula is C15H15NO5. The van der Waals surface area contributed by atoms with Crippen molar-refractivity contribution >= 4 is 5.69 Å². The summed E-state index contributed by atoms with van der Waals surface area (Å²) in [6.07, 6.45) is 0. The fourth-order valence-electron chi connectivity index (χ4n) is 1.84. The van der Waals surface area contributed by atoms with Gasteiger partial charge in [-0.1, -0.05) is 12.1 Å². The molecule has 2 aromatic rings. The van der Waals surface area contributed by atoms with Crippen LogP contribution in [0.3, 0.4) is 0 Å². The summed E-state index contributed by atoms with van der Waals surface area (Å²) in [5.74, 6) is 1.15. The summed E-state index contributed by atoms with van der Waals surface area (Å²) in [7, 11) is 1.50. The van der Waals surface area contributed by atoms with Gasteiger partial charge in [0.05, 0.1) is 18.6 Å². The van der Waals surface area contributed by atoms with E-state index < -0.39 is 4.92 Å². The summed E-state index contributed by atoms with van der Waals surface area (Å²) in [4.78, 5) is 10.3. The Kier molecular flexibility index (Phi) is 4.73. The molecule has 0 saturated carbocycles. The number of aliphatic hydroxyl groups excluding tert-OH is 1. The second-order valence-electron chi connectivity index (χ2n) is 4.34. The fraction of sp³-hybridized carbons (Fsp3) is 0.200. The summed E-state index contributed by atoms with van der Waals surface area (Å²) in [6, 6.07) is 11.3. The summed E-state index contributed by atoms with van der Waals surface area (Å²) in [6.45, 7) is 0.127. The maximum Gasteiger partial charge on any atom is 0.270 e. The molecule has 2 aromatic carbocycles. The molecule has 0 heterocycles. The van der Waals surface area contributed by atoms with E-state index in [1.54, 1.807) is 30.3 Å². The monoisotopic (exact) mass is 289 g/mol. The van der Waals surface area contributed by atoms with Crippen LogP contribution >= 0.6 is 0 Å². The van der Waals surface area contributed by atoms with Gasteiger partial charge in [0.25, 0.3) is 5.69 Å². The molecule has 21 heavy (non-hydrogen) atoms. The zero-order chi connectivity index (χ0) is 15.2. The molecule has 0 amide bonds. The number of rotatable bonds is 6. The van der Waals surface area contributed by atoms with Crippen LogP contribution in [0.4, 0.5) is 5.69 Å². The number of non-ortho nitro benzene ring substituents is 1. The molecule has 0 atom stereocenters. The number of aliphatic hydroxyl groups is 1. The normalized spacial score (nSPS) is 10.2. The van der Waals surface area contributed by atoms with E-state index in [1.807, 2.05) is 0 Å². The van der Waals surface area contributed by atoms with Crippen molar-refractivity contribution in [1.82, 2.24) is 0 Å². The molecule has 0 aromatic heterocycles. The van der Waals surface area contributed by atoms with E-state index >= 15 is 0 Å². The first-order chi connectivity index (χ1) is 10.1. The molecule has 110 valence electrons. The molecule has 0 radical (unpaired) electrons. The number of nitrogens with zero attached hydrogens (tertiary/aromatic N) is 1. The average molecular weight is 289 g/mol. The van der Waals surface area contributed by atoms with Gasteiger partial charge in [0, 0.05) is 17.7 Å². The van der Waals surface area contributed by atoms with Crippen molar-refractivity contribution in [3.63, 3.8) is 0 Å². The van der Waals surface area contributed by atoms with Gasteiger partial charge in [0.15, 0.2) is 0 Å². The first-order valence-corrected chi connectivity index (χ1v) is 6.28. The molecule has 0 aliphatic heterocycles. The minimum absolute atomic E-state index is 0.00923. The number of hydrogen-bond donors (Lipinski definition) is 1. The molecule has 1 N–H and O–H groups in total. The van der Waals surface area contributed by atoms with Gasteiger partial charge in [0.1, 0.15) is 18.1 Å². The maximum absolute atomic E-state index is 10.8. The Morgan fingerprint density at radius 3 is 2.48 bits per heavy atom. The number of ether oxygens (including phenoxy) is 2. The van der Waals surface area contributed by atoms with Crippen LogP contribution in [0.1, 0.15) is 11.1 Å². The van der Waals surface area contributed by atoms with Crippen LogP contribution in [0.15, 0.2) is 42.5 Å². The Labute approximate surface area is 121 Å². The molecule has 6 nitrogen and oxygen atoms in total. The highest BCUT2D eigenvalue weighted by Gasteiger charge is 2.11. The minimum atomic E-state index is -0.459. The van der Waals surface area contributed by atoms with Gasteiger partial charge < -0.3 is 14.6 Å². The first-order valence-electron chi connectivity index (χ1n) is 6.28. The topological polar surface area (TPSA) is 81.8 Å². The lowest BCUT2D eigenvalue weighted by atomic mass is 10.2. The number of methoxy groups -OCH3 is 1. The van der Waals surface area contributed by atoms with Gasteiger partial charge >= 0.3 is 0 Å². The van der Waals surface area contributed by atoms with Crippen LogP contribution in [-0.2, 0) is 13.2 Å². The van der Waals surface area contributed by atoms with Crippen molar-refractivity contribution in [2.24, 2.45) is 0 Å². The number of benzene rings is 2. The number of nitro benzene ring substituents is 1. The van der Waals surface area contributed by atoms with Crippen molar-refractivity contribution in [2.75, 3.05) is 7.11 Å². The number of nitro groups is 1. The first kappa shape index (κ1) is 14.8. The molecule has 0 unspecified atom stereocenters. The molecule has 0 spiro atoms. The maximum atomic E-state index is 10.8. The van der Waals surface area contributed by atoms with E-state index in [2.05, 4.69) is 0 Å². The van der Waals surface area contributed by atoms with Crippen LogP contribution in [0, 0.1) is 10.1 Å². The SMILES string of the molecule is COc1ccc([N+](=O)[O-])cc1COc1ccc(CO)cc1. The van der Waals surface area contributed by atoms with E-state index in [9.17, 15) is 10.1 Å². The molecular weight excluding hydrogens is 274 g/mol. The highest BCUT2D eigenvalue weighted by molar-refractivity contribution is 5.43. The Hall–Kier alpha value is -2.60. The lowest BCUT2D eigenvalue weighted by Crippen LogP contribution is -2.00. The lowest BCUT2D eigenvalue weighted by Gasteiger charge is -2.10. The van der Waals surface area contributed by atoms with Gasteiger partial charge in [-0.15, -0.1) is 0 Å². The van der Waals surface area contributed by atoms with Crippen LogP contribution < -0.4 is 9.47 Å². The van der Waals surface area contributed by atoms with Crippen molar-refractivity contribution in [3.8, 4) is 11.5 Å². The van der Waals surface area contributed by atoms with Gasteiger partial charge in [-0.05, 0) is 23.8 Å². The smallest absolute Gasteiger partial charge is 0.270 e.